The highest BCUT2D eigenvalue weighted by Gasteiger charge is 2.13. The van der Waals surface area contributed by atoms with Crippen molar-refractivity contribution in [1.82, 2.24) is 4.98 Å². The molecule has 0 radical (unpaired) electrons. The molecule has 1 heterocycles. The molecule has 1 unspecified atom stereocenters. The average molecular weight is 254 g/mol. The van der Waals surface area contributed by atoms with Gasteiger partial charge in [-0.1, -0.05) is 6.07 Å². The predicted octanol–water partition coefficient (Wildman–Crippen LogP) is 1.60. The zero-order valence-electron chi connectivity index (χ0n) is 9.96. The first-order chi connectivity index (χ1) is 8.24. The van der Waals surface area contributed by atoms with Gasteiger partial charge in [0.25, 0.3) is 0 Å². The summed E-state index contributed by atoms with van der Waals surface area (Å²) >= 11 is 1.74. The maximum atomic E-state index is 11.2. The number of hydrogen-bond donors (Lipinski definition) is 1. The molecule has 0 aromatic carbocycles. The van der Waals surface area contributed by atoms with Gasteiger partial charge < -0.3 is 10.5 Å². The van der Waals surface area contributed by atoms with E-state index in [1.165, 1.54) is 5.56 Å². The minimum absolute atomic E-state index is 0.311. The van der Waals surface area contributed by atoms with Crippen molar-refractivity contribution in [2.24, 2.45) is 5.73 Å². The number of esters is 1. The highest BCUT2D eigenvalue weighted by atomic mass is 32.2. The fraction of sp³-hybridized carbons (Fsp3) is 0.500. The minimum Gasteiger partial charge on any atom is -0.465 e. The zero-order chi connectivity index (χ0) is 12.5. The smallest absolute Gasteiger partial charge is 0.322 e. The van der Waals surface area contributed by atoms with Crippen LogP contribution in [0.25, 0.3) is 0 Å². The van der Waals surface area contributed by atoms with Crippen molar-refractivity contribution in [2.45, 2.75) is 25.1 Å². The maximum Gasteiger partial charge on any atom is 0.322 e. The molecule has 1 rings (SSSR count). The molecule has 1 atom stereocenters. The summed E-state index contributed by atoms with van der Waals surface area (Å²) in [7, 11) is 0. The number of thioether (sulfide) groups is 1. The molecule has 5 heteroatoms. The topological polar surface area (TPSA) is 65.2 Å². The number of ether oxygens (including phenoxy) is 1. The van der Waals surface area contributed by atoms with Gasteiger partial charge in [-0.2, -0.15) is 11.8 Å². The number of hydrogen-bond acceptors (Lipinski definition) is 5. The lowest BCUT2D eigenvalue weighted by Gasteiger charge is -2.09. The molecule has 0 aliphatic carbocycles. The molecule has 94 valence electrons. The summed E-state index contributed by atoms with van der Waals surface area (Å²) in [6, 6.07) is 3.45. The largest absolute Gasteiger partial charge is 0.465 e. The summed E-state index contributed by atoms with van der Waals surface area (Å²) in [5.41, 5.74) is 6.87. The van der Waals surface area contributed by atoms with Crippen molar-refractivity contribution < 1.29 is 9.53 Å². The summed E-state index contributed by atoms with van der Waals surface area (Å²) < 4.78 is 4.84. The average Bonchev–Trinajstić information content (AvgIpc) is 2.36. The van der Waals surface area contributed by atoms with Crippen molar-refractivity contribution >= 4 is 17.7 Å². The molecule has 0 aliphatic heterocycles. The number of rotatable bonds is 7. The summed E-state index contributed by atoms with van der Waals surface area (Å²) in [5, 5.41) is 0. The van der Waals surface area contributed by atoms with Crippen molar-refractivity contribution in [2.75, 3.05) is 12.4 Å². The van der Waals surface area contributed by atoms with Crippen molar-refractivity contribution in [3.05, 3.63) is 30.1 Å². The van der Waals surface area contributed by atoms with Gasteiger partial charge >= 0.3 is 5.97 Å². The van der Waals surface area contributed by atoms with Crippen LogP contribution in [0.1, 0.15) is 18.9 Å². The summed E-state index contributed by atoms with van der Waals surface area (Å²) in [6.45, 7) is 2.16. The Bertz CT molecular complexity index is 333. The van der Waals surface area contributed by atoms with E-state index in [1.54, 1.807) is 24.9 Å². The van der Waals surface area contributed by atoms with Crippen LogP contribution in [0.5, 0.6) is 0 Å². The van der Waals surface area contributed by atoms with Crippen LogP contribution in [-0.2, 0) is 15.3 Å². The number of pyridine rings is 1. The van der Waals surface area contributed by atoms with E-state index >= 15 is 0 Å². The maximum absolute atomic E-state index is 11.2. The highest BCUT2D eigenvalue weighted by molar-refractivity contribution is 7.98. The van der Waals surface area contributed by atoms with Gasteiger partial charge in [0.1, 0.15) is 6.04 Å². The summed E-state index contributed by atoms with van der Waals surface area (Å²) in [5.74, 6) is 1.42. The molecule has 0 spiro atoms. The van der Waals surface area contributed by atoms with Crippen LogP contribution in [0.4, 0.5) is 0 Å². The molecule has 0 bridgehead atoms. The SMILES string of the molecule is CCOC(=O)C(N)CCSCc1cccnc1. The van der Waals surface area contributed by atoms with Gasteiger partial charge in [-0.15, -0.1) is 0 Å². The van der Waals surface area contributed by atoms with Gasteiger partial charge in [-0.25, -0.2) is 0 Å². The lowest BCUT2D eigenvalue weighted by molar-refractivity contribution is -0.144. The molecule has 0 amide bonds. The zero-order valence-corrected chi connectivity index (χ0v) is 10.8. The molecule has 0 fully saturated rings. The molecule has 2 N–H and O–H groups in total. The van der Waals surface area contributed by atoms with Crippen LogP contribution in [0.15, 0.2) is 24.5 Å². The lowest BCUT2D eigenvalue weighted by atomic mass is 10.2. The molecule has 0 saturated heterocycles. The van der Waals surface area contributed by atoms with Crippen LogP contribution < -0.4 is 5.73 Å². The van der Waals surface area contributed by atoms with E-state index < -0.39 is 6.04 Å². The Morgan fingerprint density at radius 1 is 1.65 bits per heavy atom. The standard InChI is InChI=1S/C12H18N2O2S/c1-2-16-12(15)11(13)5-7-17-9-10-4-3-6-14-8-10/h3-4,6,8,11H,2,5,7,9,13H2,1H3. The number of aromatic nitrogens is 1. The van der Waals surface area contributed by atoms with Crippen LogP contribution in [0.3, 0.4) is 0 Å². The molecule has 1 aromatic heterocycles. The van der Waals surface area contributed by atoms with Crippen LogP contribution in [-0.4, -0.2) is 29.4 Å². The van der Waals surface area contributed by atoms with Crippen LogP contribution in [0, 0.1) is 0 Å². The molecular weight excluding hydrogens is 236 g/mol. The number of nitrogens with two attached hydrogens (primary N) is 1. The predicted molar refractivity (Wildman–Crippen MR) is 69.6 cm³/mol. The van der Waals surface area contributed by atoms with E-state index in [2.05, 4.69) is 4.98 Å². The van der Waals surface area contributed by atoms with E-state index in [1.807, 2.05) is 18.3 Å². The first-order valence-electron chi connectivity index (χ1n) is 5.63. The molecule has 1 aromatic rings. The quantitative estimate of drug-likeness (QED) is 0.591. The highest BCUT2D eigenvalue weighted by Crippen LogP contribution is 2.12. The lowest BCUT2D eigenvalue weighted by Crippen LogP contribution is -2.32. The van der Waals surface area contributed by atoms with Crippen LogP contribution >= 0.6 is 11.8 Å². The fourth-order valence-electron chi connectivity index (χ4n) is 1.25. The number of carbonyl (C=O) groups excluding carboxylic acids is 1. The third kappa shape index (κ3) is 5.70. The van der Waals surface area contributed by atoms with Gasteiger partial charge in [0.2, 0.25) is 0 Å². The third-order valence-corrected chi connectivity index (χ3v) is 3.22. The van der Waals surface area contributed by atoms with E-state index in [9.17, 15) is 4.79 Å². The normalized spacial score (nSPS) is 12.1. The van der Waals surface area contributed by atoms with E-state index in [-0.39, 0.29) is 5.97 Å². The van der Waals surface area contributed by atoms with E-state index in [0.29, 0.717) is 13.0 Å². The summed E-state index contributed by atoms with van der Waals surface area (Å²) in [6.07, 6.45) is 4.24. The number of nitrogens with zero attached hydrogens (tertiary/aromatic N) is 1. The van der Waals surface area contributed by atoms with E-state index in [4.69, 9.17) is 10.5 Å². The Kier molecular flexibility index (Phi) is 6.65. The fourth-order valence-corrected chi connectivity index (χ4v) is 2.22. The van der Waals surface area contributed by atoms with Crippen LogP contribution in [0.2, 0.25) is 0 Å². The molecular formula is C12H18N2O2S. The molecule has 0 saturated carbocycles. The Balaban J connectivity index is 2.14. The second-order valence-corrected chi connectivity index (χ2v) is 4.67. The molecule has 0 aliphatic rings. The van der Waals surface area contributed by atoms with Gasteiger partial charge in [0.05, 0.1) is 6.61 Å². The van der Waals surface area contributed by atoms with Gasteiger partial charge in [-0.05, 0) is 30.7 Å². The Morgan fingerprint density at radius 2 is 2.47 bits per heavy atom. The first-order valence-corrected chi connectivity index (χ1v) is 6.78. The van der Waals surface area contributed by atoms with Gasteiger partial charge in [-0.3, -0.25) is 9.78 Å². The summed E-state index contributed by atoms with van der Waals surface area (Å²) in [4.78, 5) is 15.3. The third-order valence-electron chi connectivity index (χ3n) is 2.15. The monoisotopic (exact) mass is 254 g/mol. The van der Waals surface area contributed by atoms with Gasteiger partial charge in [0, 0.05) is 18.1 Å². The Morgan fingerprint density at radius 3 is 3.12 bits per heavy atom. The Hall–Kier alpha value is -1.07. The van der Waals surface area contributed by atoms with Crippen molar-refractivity contribution in [3.8, 4) is 0 Å². The molecule has 4 nitrogen and oxygen atoms in total. The van der Waals surface area contributed by atoms with Crippen molar-refractivity contribution in [3.63, 3.8) is 0 Å². The first kappa shape index (κ1) is 14.0. The van der Waals surface area contributed by atoms with Gasteiger partial charge in [0.15, 0.2) is 0 Å². The molecule has 17 heavy (non-hydrogen) atoms. The number of carbonyl (C=O) groups is 1. The Labute approximate surface area is 106 Å². The second-order valence-electron chi connectivity index (χ2n) is 3.56. The van der Waals surface area contributed by atoms with Crippen molar-refractivity contribution in [1.29, 1.82) is 0 Å². The minimum atomic E-state index is -0.503. The second kappa shape index (κ2) is 8.08. The van der Waals surface area contributed by atoms with E-state index in [0.717, 1.165) is 11.5 Å².